The summed E-state index contributed by atoms with van der Waals surface area (Å²) >= 11 is 5.78. The number of halogens is 5. The number of benzene rings is 2. The quantitative estimate of drug-likeness (QED) is 0.656. The Bertz CT molecular complexity index is 1230. The fraction of sp³-hybridized carbons (Fsp3) is 0.150. The number of nitrogens with one attached hydrogen (secondary N) is 2. The van der Waals surface area contributed by atoms with E-state index in [-0.39, 0.29) is 16.3 Å². The van der Waals surface area contributed by atoms with E-state index in [9.17, 15) is 36.7 Å². The minimum absolute atomic E-state index is 0.0434. The number of imide groups is 1. The Hall–Kier alpha value is -3.80. The molecule has 0 bridgehead atoms. The van der Waals surface area contributed by atoms with Crippen molar-refractivity contribution in [2.45, 2.75) is 11.7 Å². The molecule has 1 fully saturated rings. The number of carbonyl (C=O) groups excluding carboxylic acids is 4. The van der Waals surface area contributed by atoms with E-state index in [2.05, 4.69) is 4.99 Å². The molecule has 2 aromatic carbocycles. The van der Waals surface area contributed by atoms with Gasteiger partial charge in [-0.2, -0.15) is 18.2 Å². The van der Waals surface area contributed by atoms with Crippen LogP contribution in [0.1, 0.15) is 10.4 Å². The average molecular weight is 483 g/mol. The highest BCUT2D eigenvalue weighted by molar-refractivity contribution is 6.36. The van der Waals surface area contributed by atoms with Gasteiger partial charge in [-0.15, -0.1) is 0 Å². The second kappa shape index (κ2) is 7.66. The summed E-state index contributed by atoms with van der Waals surface area (Å²) in [6, 6.07) is 7.64. The third-order valence-corrected chi connectivity index (χ3v) is 5.33. The van der Waals surface area contributed by atoms with Crippen LogP contribution in [0.2, 0.25) is 5.02 Å². The molecule has 170 valence electrons. The molecule has 2 aliphatic rings. The second-order valence-corrected chi connectivity index (χ2v) is 7.52. The van der Waals surface area contributed by atoms with Crippen molar-refractivity contribution in [1.82, 2.24) is 10.6 Å². The van der Waals surface area contributed by atoms with Crippen LogP contribution in [-0.2, 0) is 9.59 Å². The fourth-order valence-corrected chi connectivity index (χ4v) is 3.80. The number of anilines is 1. The van der Waals surface area contributed by atoms with E-state index >= 15 is 0 Å². The van der Waals surface area contributed by atoms with Crippen LogP contribution in [0.15, 0.2) is 53.5 Å². The van der Waals surface area contributed by atoms with Gasteiger partial charge in [-0.05, 0) is 42.5 Å². The maximum Gasteiger partial charge on any atom is 0.422 e. The number of fused-ring (bicyclic) bond motifs is 1. The smallest absolute Gasteiger partial charge is 0.329 e. The minimum atomic E-state index is -5.50. The highest BCUT2D eigenvalue weighted by Gasteiger charge is 2.74. The molecular formula is C20H11ClF4N4O4. The molecule has 2 N–H and O–H groups in total. The summed E-state index contributed by atoms with van der Waals surface area (Å²) in [5, 5.41) is 3.38. The normalized spacial score (nSPS) is 22.6. The monoisotopic (exact) mass is 482 g/mol. The SMILES string of the molecule is O=C(NC1(C(F)(F)F)C(=O)N=C2C1C(=O)NC(=O)N2c1ccc(F)cc1)c1cccc(Cl)c1. The molecule has 2 aromatic rings. The van der Waals surface area contributed by atoms with Crippen LogP contribution in [-0.4, -0.2) is 41.3 Å². The van der Waals surface area contributed by atoms with Crippen LogP contribution in [0, 0.1) is 11.7 Å². The molecule has 33 heavy (non-hydrogen) atoms. The largest absolute Gasteiger partial charge is 0.422 e. The Balaban J connectivity index is 1.82. The number of aliphatic imine (C=N–C) groups is 1. The fourth-order valence-electron chi connectivity index (χ4n) is 3.61. The average Bonchev–Trinajstić information content (AvgIpc) is 3.02. The number of hydrogen-bond acceptors (Lipinski definition) is 4. The highest BCUT2D eigenvalue weighted by atomic mass is 35.5. The van der Waals surface area contributed by atoms with Crippen LogP contribution in [0.4, 0.5) is 28.0 Å². The first kappa shape index (κ1) is 22.4. The Kier molecular flexibility index (Phi) is 5.20. The number of rotatable bonds is 3. The van der Waals surface area contributed by atoms with Crippen molar-refractivity contribution in [2.24, 2.45) is 10.9 Å². The lowest BCUT2D eigenvalue weighted by Crippen LogP contribution is -2.72. The number of amides is 5. The van der Waals surface area contributed by atoms with Gasteiger partial charge in [-0.25, -0.2) is 14.1 Å². The summed E-state index contributed by atoms with van der Waals surface area (Å²) in [5.74, 6) is -8.74. The van der Waals surface area contributed by atoms with Crippen molar-refractivity contribution in [3.8, 4) is 0 Å². The molecule has 2 atom stereocenters. The summed E-state index contributed by atoms with van der Waals surface area (Å²) in [7, 11) is 0. The third kappa shape index (κ3) is 3.52. The van der Waals surface area contributed by atoms with Crippen molar-refractivity contribution in [2.75, 3.05) is 4.90 Å². The molecule has 5 amide bonds. The minimum Gasteiger partial charge on any atom is -0.329 e. The lowest BCUT2D eigenvalue weighted by Gasteiger charge is -2.39. The van der Waals surface area contributed by atoms with Crippen molar-refractivity contribution < 1.29 is 36.7 Å². The molecule has 0 radical (unpaired) electrons. The summed E-state index contributed by atoms with van der Waals surface area (Å²) in [5.41, 5.74) is -4.27. The van der Waals surface area contributed by atoms with Gasteiger partial charge in [0.05, 0.1) is 5.69 Å². The molecule has 4 rings (SSSR count). The van der Waals surface area contributed by atoms with Gasteiger partial charge in [0.15, 0.2) is 0 Å². The van der Waals surface area contributed by atoms with Crippen molar-refractivity contribution >= 4 is 46.9 Å². The number of urea groups is 1. The van der Waals surface area contributed by atoms with E-state index in [1.165, 1.54) is 12.1 Å². The molecule has 8 nitrogen and oxygen atoms in total. The van der Waals surface area contributed by atoms with E-state index in [1.807, 2.05) is 0 Å². The van der Waals surface area contributed by atoms with E-state index in [0.717, 1.165) is 36.4 Å². The molecule has 0 saturated carbocycles. The summed E-state index contributed by atoms with van der Waals surface area (Å²) in [6.07, 6.45) is -5.50. The molecular weight excluding hydrogens is 472 g/mol. The Morgan fingerprint density at radius 1 is 1.12 bits per heavy atom. The van der Waals surface area contributed by atoms with Crippen LogP contribution in [0.25, 0.3) is 0 Å². The number of nitrogens with zero attached hydrogens (tertiary/aromatic N) is 2. The zero-order valence-corrected chi connectivity index (χ0v) is 16.9. The molecule has 0 spiro atoms. The maximum atomic E-state index is 14.4. The Morgan fingerprint density at radius 3 is 2.39 bits per heavy atom. The zero-order chi connectivity index (χ0) is 24.1. The van der Waals surface area contributed by atoms with E-state index < -0.39 is 53.0 Å². The number of amidine groups is 1. The number of hydrogen-bond donors (Lipinski definition) is 2. The third-order valence-electron chi connectivity index (χ3n) is 5.10. The zero-order valence-electron chi connectivity index (χ0n) is 16.1. The van der Waals surface area contributed by atoms with Gasteiger partial charge in [0.2, 0.25) is 11.4 Å². The lowest BCUT2D eigenvalue weighted by atomic mass is 9.81. The highest BCUT2D eigenvalue weighted by Crippen LogP contribution is 2.44. The van der Waals surface area contributed by atoms with Gasteiger partial charge < -0.3 is 5.32 Å². The van der Waals surface area contributed by atoms with Crippen LogP contribution in [0.3, 0.4) is 0 Å². The van der Waals surface area contributed by atoms with Crippen molar-refractivity contribution in [3.05, 3.63) is 64.9 Å². The predicted molar refractivity (Wildman–Crippen MR) is 106 cm³/mol. The van der Waals surface area contributed by atoms with Gasteiger partial charge in [-0.3, -0.25) is 19.7 Å². The molecule has 1 saturated heterocycles. The maximum absolute atomic E-state index is 14.4. The van der Waals surface area contributed by atoms with Gasteiger partial charge in [0, 0.05) is 10.6 Å². The number of alkyl halides is 3. The van der Waals surface area contributed by atoms with Gasteiger partial charge in [0.25, 0.3) is 11.8 Å². The molecule has 2 unspecified atom stereocenters. The first-order valence-corrected chi connectivity index (χ1v) is 9.52. The summed E-state index contributed by atoms with van der Waals surface area (Å²) < 4.78 is 56.4. The molecule has 2 heterocycles. The van der Waals surface area contributed by atoms with E-state index in [1.54, 1.807) is 10.6 Å². The first-order chi connectivity index (χ1) is 15.5. The van der Waals surface area contributed by atoms with Gasteiger partial charge >= 0.3 is 12.2 Å². The van der Waals surface area contributed by atoms with Crippen molar-refractivity contribution in [3.63, 3.8) is 0 Å². The Labute approximate surface area is 187 Å². The number of carbonyl (C=O) groups is 4. The first-order valence-electron chi connectivity index (χ1n) is 9.14. The molecule has 2 aliphatic heterocycles. The summed E-state index contributed by atoms with van der Waals surface area (Å²) in [6.45, 7) is 0. The molecule has 0 aliphatic carbocycles. The van der Waals surface area contributed by atoms with E-state index in [0.29, 0.717) is 4.90 Å². The second-order valence-electron chi connectivity index (χ2n) is 7.08. The summed E-state index contributed by atoms with van der Waals surface area (Å²) in [4.78, 5) is 54.2. The van der Waals surface area contributed by atoms with Gasteiger partial charge in [-0.1, -0.05) is 17.7 Å². The van der Waals surface area contributed by atoms with Crippen molar-refractivity contribution in [1.29, 1.82) is 0 Å². The van der Waals surface area contributed by atoms with Crippen LogP contribution in [0.5, 0.6) is 0 Å². The van der Waals surface area contributed by atoms with Crippen LogP contribution >= 0.6 is 11.6 Å². The van der Waals surface area contributed by atoms with E-state index in [4.69, 9.17) is 11.6 Å². The van der Waals surface area contributed by atoms with Gasteiger partial charge in [0.1, 0.15) is 17.6 Å². The molecule has 13 heteroatoms. The molecule has 0 aromatic heterocycles. The predicted octanol–water partition coefficient (Wildman–Crippen LogP) is 2.82. The Morgan fingerprint density at radius 2 is 1.79 bits per heavy atom. The lowest BCUT2D eigenvalue weighted by molar-refractivity contribution is -0.201. The van der Waals surface area contributed by atoms with Crippen LogP contribution < -0.4 is 15.5 Å². The standard InChI is InChI=1S/C20H11ClF4N4O4/c21-10-3-1-2-9(8-10)15(30)28-19(20(23,24)25)13-14(26-17(19)32)29(18(33)27-16(13)31)12-6-4-11(22)5-7-12/h1-8,13H,(H,28,30)(H,27,31,33). The topological polar surface area (TPSA) is 108 Å².